The molecule has 1 aromatic carbocycles. The van der Waals surface area contributed by atoms with Crippen LogP contribution in [0.25, 0.3) is 0 Å². The van der Waals surface area contributed by atoms with E-state index < -0.39 is 0 Å². The van der Waals surface area contributed by atoms with E-state index in [0.29, 0.717) is 0 Å². The second kappa shape index (κ2) is 5.27. The Bertz CT molecular complexity index is 527. The summed E-state index contributed by atoms with van der Waals surface area (Å²) in [5.41, 5.74) is 3.53. The van der Waals surface area contributed by atoms with Gasteiger partial charge in [-0.2, -0.15) is 0 Å². The van der Waals surface area contributed by atoms with Gasteiger partial charge in [0.05, 0.1) is 6.04 Å². The molecule has 0 spiro atoms. The highest BCUT2D eigenvalue weighted by Gasteiger charge is 2.17. The molecule has 90 valence electrons. The van der Waals surface area contributed by atoms with Gasteiger partial charge in [0, 0.05) is 14.2 Å². The predicted molar refractivity (Wildman–Crippen MR) is 72.3 cm³/mol. The van der Waals surface area contributed by atoms with E-state index in [-0.39, 0.29) is 11.9 Å². The zero-order valence-electron chi connectivity index (χ0n) is 9.21. The third-order valence-electron chi connectivity index (χ3n) is 2.48. The first-order chi connectivity index (χ1) is 8.11. The number of hydrogen-bond acceptors (Lipinski definition) is 3. The van der Waals surface area contributed by atoms with Crippen LogP contribution < -0.4 is 11.3 Å². The van der Waals surface area contributed by atoms with Gasteiger partial charge in [0.1, 0.15) is 5.82 Å². The second-order valence-corrected chi connectivity index (χ2v) is 5.89. The Morgan fingerprint density at radius 3 is 2.71 bits per heavy atom. The van der Waals surface area contributed by atoms with Gasteiger partial charge in [-0.3, -0.25) is 5.84 Å². The lowest BCUT2D eigenvalue weighted by Crippen LogP contribution is -2.28. The molecule has 5 heteroatoms. The smallest absolute Gasteiger partial charge is 0.123 e. The Hall–Kier alpha value is -0.750. The van der Waals surface area contributed by atoms with Gasteiger partial charge in [0.15, 0.2) is 0 Å². The fraction of sp³-hybridized carbons (Fsp3) is 0.167. The van der Waals surface area contributed by atoms with Crippen molar-refractivity contribution in [3.8, 4) is 0 Å². The van der Waals surface area contributed by atoms with Crippen LogP contribution in [0, 0.1) is 12.7 Å². The average molecular weight is 315 g/mol. The lowest BCUT2D eigenvalue weighted by atomic mass is 10.1. The van der Waals surface area contributed by atoms with E-state index in [4.69, 9.17) is 5.84 Å². The number of thiophene rings is 1. The fourth-order valence-electron chi connectivity index (χ4n) is 1.67. The zero-order valence-corrected chi connectivity index (χ0v) is 11.6. The van der Waals surface area contributed by atoms with Gasteiger partial charge in [-0.1, -0.05) is 15.9 Å². The Balaban J connectivity index is 2.45. The summed E-state index contributed by atoms with van der Waals surface area (Å²) in [4.78, 5) is 2.27. The Labute approximate surface area is 112 Å². The van der Waals surface area contributed by atoms with Gasteiger partial charge in [-0.05, 0) is 42.8 Å². The molecule has 1 unspecified atom stereocenters. The van der Waals surface area contributed by atoms with E-state index in [1.54, 1.807) is 17.4 Å². The second-order valence-electron chi connectivity index (χ2n) is 3.71. The Morgan fingerprint density at radius 2 is 2.12 bits per heavy atom. The van der Waals surface area contributed by atoms with Crippen LogP contribution in [0.15, 0.2) is 34.8 Å². The number of aryl methyl sites for hydroxylation is 1. The van der Waals surface area contributed by atoms with E-state index in [1.807, 2.05) is 19.1 Å². The number of hydrogen-bond donors (Lipinski definition) is 2. The molecule has 2 aromatic rings. The van der Waals surface area contributed by atoms with E-state index in [9.17, 15) is 4.39 Å². The van der Waals surface area contributed by atoms with Crippen molar-refractivity contribution in [2.24, 2.45) is 5.84 Å². The summed E-state index contributed by atoms with van der Waals surface area (Å²) in [6, 6.07) is 8.43. The zero-order chi connectivity index (χ0) is 12.4. The van der Waals surface area contributed by atoms with Gasteiger partial charge in [-0.25, -0.2) is 9.82 Å². The van der Waals surface area contributed by atoms with Gasteiger partial charge < -0.3 is 0 Å². The molecule has 0 radical (unpaired) electrons. The first-order valence-corrected chi connectivity index (χ1v) is 6.70. The summed E-state index contributed by atoms with van der Waals surface area (Å²) < 4.78 is 14.1. The summed E-state index contributed by atoms with van der Waals surface area (Å²) >= 11 is 5.06. The van der Waals surface area contributed by atoms with Gasteiger partial charge in [-0.15, -0.1) is 11.3 Å². The van der Waals surface area contributed by atoms with Crippen LogP contribution in [-0.4, -0.2) is 0 Å². The molecule has 2 nitrogen and oxygen atoms in total. The third-order valence-corrected chi connectivity index (χ3v) is 4.27. The molecule has 0 saturated heterocycles. The standard InChI is InChI=1S/C12H12BrFN2S/c1-7-2-5-11(17-7)12(16-15)9-6-8(14)3-4-10(9)13/h2-6,12,16H,15H2,1H3. The highest BCUT2D eigenvalue weighted by Crippen LogP contribution is 2.32. The van der Waals surface area contributed by atoms with Crippen LogP contribution >= 0.6 is 27.3 Å². The maximum Gasteiger partial charge on any atom is 0.123 e. The molecular formula is C12H12BrFN2S. The minimum Gasteiger partial charge on any atom is -0.271 e. The molecule has 1 atom stereocenters. The SMILES string of the molecule is Cc1ccc(C(NN)c2cc(F)ccc2Br)s1. The van der Waals surface area contributed by atoms with E-state index in [0.717, 1.165) is 14.9 Å². The number of halogens is 2. The van der Waals surface area contributed by atoms with Crippen molar-refractivity contribution in [1.82, 2.24) is 5.43 Å². The molecule has 17 heavy (non-hydrogen) atoms. The molecule has 0 aliphatic rings. The van der Waals surface area contributed by atoms with E-state index in [1.165, 1.54) is 17.0 Å². The van der Waals surface area contributed by atoms with Crippen molar-refractivity contribution in [2.75, 3.05) is 0 Å². The summed E-state index contributed by atoms with van der Waals surface area (Å²) in [5, 5.41) is 0. The molecule has 2 rings (SSSR count). The van der Waals surface area contributed by atoms with E-state index in [2.05, 4.69) is 21.4 Å². The molecule has 0 fully saturated rings. The molecule has 0 amide bonds. The summed E-state index contributed by atoms with van der Waals surface area (Å²) in [6.07, 6.45) is 0. The largest absolute Gasteiger partial charge is 0.271 e. The Morgan fingerprint density at radius 1 is 1.35 bits per heavy atom. The number of nitrogens with one attached hydrogen (secondary N) is 1. The monoisotopic (exact) mass is 314 g/mol. The van der Waals surface area contributed by atoms with Crippen LogP contribution in [0.2, 0.25) is 0 Å². The van der Waals surface area contributed by atoms with Crippen molar-refractivity contribution in [3.05, 3.63) is 55.9 Å². The van der Waals surface area contributed by atoms with Gasteiger partial charge in [0.25, 0.3) is 0 Å². The summed E-state index contributed by atoms with van der Waals surface area (Å²) in [7, 11) is 0. The van der Waals surface area contributed by atoms with Crippen molar-refractivity contribution >= 4 is 27.3 Å². The number of hydrazine groups is 1. The van der Waals surface area contributed by atoms with Gasteiger partial charge in [0.2, 0.25) is 0 Å². The van der Waals surface area contributed by atoms with Crippen molar-refractivity contribution in [2.45, 2.75) is 13.0 Å². The highest BCUT2D eigenvalue weighted by atomic mass is 79.9. The number of benzene rings is 1. The minimum atomic E-state index is -0.267. The fourth-order valence-corrected chi connectivity index (χ4v) is 3.10. The molecule has 0 aliphatic carbocycles. The Kier molecular flexibility index (Phi) is 3.93. The molecule has 1 heterocycles. The molecule has 0 bridgehead atoms. The molecule has 0 aliphatic heterocycles. The van der Waals surface area contributed by atoms with Crippen LogP contribution in [0.5, 0.6) is 0 Å². The average Bonchev–Trinajstić information content (AvgIpc) is 2.71. The molecule has 1 aromatic heterocycles. The predicted octanol–water partition coefficient (Wildman–Crippen LogP) is 3.51. The minimum absolute atomic E-state index is 0.196. The quantitative estimate of drug-likeness (QED) is 0.672. The lowest BCUT2D eigenvalue weighted by Gasteiger charge is -2.16. The summed E-state index contributed by atoms with van der Waals surface area (Å²) in [5.74, 6) is 5.31. The molecule has 3 N–H and O–H groups in total. The first kappa shape index (κ1) is 12.7. The van der Waals surface area contributed by atoms with Crippen LogP contribution in [0.4, 0.5) is 4.39 Å². The highest BCUT2D eigenvalue weighted by molar-refractivity contribution is 9.10. The maximum atomic E-state index is 13.3. The van der Waals surface area contributed by atoms with E-state index >= 15 is 0 Å². The van der Waals surface area contributed by atoms with Crippen molar-refractivity contribution in [3.63, 3.8) is 0 Å². The number of rotatable bonds is 3. The topological polar surface area (TPSA) is 38.0 Å². The number of nitrogens with two attached hydrogens (primary N) is 1. The van der Waals surface area contributed by atoms with Gasteiger partial charge >= 0.3 is 0 Å². The first-order valence-electron chi connectivity index (χ1n) is 5.09. The molecule has 0 saturated carbocycles. The normalized spacial score (nSPS) is 12.7. The van der Waals surface area contributed by atoms with Crippen LogP contribution in [-0.2, 0) is 0 Å². The van der Waals surface area contributed by atoms with Crippen molar-refractivity contribution in [1.29, 1.82) is 0 Å². The van der Waals surface area contributed by atoms with Crippen LogP contribution in [0.1, 0.15) is 21.4 Å². The third kappa shape index (κ3) is 2.74. The summed E-state index contributed by atoms with van der Waals surface area (Å²) in [6.45, 7) is 2.03. The molecular weight excluding hydrogens is 303 g/mol. The van der Waals surface area contributed by atoms with Crippen LogP contribution in [0.3, 0.4) is 0 Å². The maximum absolute atomic E-state index is 13.3. The lowest BCUT2D eigenvalue weighted by molar-refractivity contribution is 0.607. The van der Waals surface area contributed by atoms with Crippen molar-refractivity contribution < 1.29 is 4.39 Å².